The molecule has 6 nitrogen and oxygen atoms in total. The molecule has 3 aromatic rings. The van der Waals surface area contributed by atoms with Crippen LogP contribution in [0.25, 0.3) is 21.6 Å². The van der Waals surface area contributed by atoms with Gasteiger partial charge in [-0.3, -0.25) is 9.36 Å². The first kappa shape index (κ1) is 21.7. The summed E-state index contributed by atoms with van der Waals surface area (Å²) in [6, 6.07) is 3.74. The van der Waals surface area contributed by atoms with Crippen LogP contribution in [0.4, 0.5) is 0 Å². The van der Waals surface area contributed by atoms with Crippen LogP contribution in [0.3, 0.4) is 0 Å². The van der Waals surface area contributed by atoms with Gasteiger partial charge in [-0.2, -0.15) is 0 Å². The van der Waals surface area contributed by atoms with Crippen LogP contribution in [0.15, 0.2) is 16.9 Å². The Morgan fingerprint density at radius 2 is 1.87 bits per heavy atom. The van der Waals surface area contributed by atoms with Gasteiger partial charge in [-0.1, -0.05) is 20.3 Å². The van der Waals surface area contributed by atoms with E-state index in [-0.39, 0.29) is 5.56 Å². The van der Waals surface area contributed by atoms with Crippen LogP contribution in [-0.4, -0.2) is 30.9 Å². The summed E-state index contributed by atoms with van der Waals surface area (Å²) in [6.07, 6.45) is 5.07. The van der Waals surface area contributed by atoms with Gasteiger partial charge in [0.2, 0.25) is 5.75 Å². The lowest BCUT2D eigenvalue weighted by Crippen LogP contribution is -2.24. The van der Waals surface area contributed by atoms with E-state index in [2.05, 4.69) is 13.8 Å². The van der Waals surface area contributed by atoms with E-state index in [9.17, 15) is 4.79 Å². The molecule has 0 amide bonds. The normalized spacial score (nSPS) is 15.7. The Morgan fingerprint density at radius 3 is 2.48 bits per heavy atom. The molecule has 166 valence electrons. The number of hydrogen-bond donors (Lipinski definition) is 0. The zero-order valence-electron chi connectivity index (χ0n) is 18.9. The molecule has 2 aromatic heterocycles. The van der Waals surface area contributed by atoms with E-state index in [1.165, 1.54) is 16.9 Å². The molecule has 1 aromatic carbocycles. The highest BCUT2D eigenvalue weighted by Crippen LogP contribution is 2.42. The first-order valence-electron chi connectivity index (χ1n) is 10.9. The van der Waals surface area contributed by atoms with Crippen LogP contribution in [-0.2, 0) is 19.4 Å². The maximum absolute atomic E-state index is 13.7. The first-order valence-corrected chi connectivity index (χ1v) is 11.7. The average Bonchev–Trinajstić information content (AvgIpc) is 3.14. The SMILES string of the molecule is CCCCn1c(-c2cc(OC)c(OC)c(OC)c2)nc2sc3c(c2c1=O)CC(C)CC3. The molecule has 1 unspecified atom stereocenters. The lowest BCUT2D eigenvalue weighted by Gasteiger charge is -2.18. The summed E-state index contributed by atoms with van der Waals surface area (Å²) in [5.41, 5.74) is 2.07. The van der Waals surface area contributed by atoms with Gasteiger partial charge in [-0.25, -0.2) is 4.98 Å². The molecule has 0 fully saturated rings. The maximum atomic E-state index is 13.7. The van der Waals surface area contributed by atoms with Crippen molar-refractivity contribution in [3.8, 4) is 28.6 Å². The standard InChI is InChI=1S/C24H30N2O4S/c1-6-7-10-26-22(15-12-17(28-3)21(30-5)18(13-15)29-4)25-23-20(24(26)27)16-11-14(2)8-9-19(16)31-23/h12-14H,6-11H2,1-5H3. The lowest BCUT2D eigenvalue weighted by atomic mass is 9.89. The van der Waals surface area contributed by atoms with Gasteiger partial charge in [0.25, 0.3) is 5.56 Å². The minimum atomic E-state index is 0.0637. The largest absolute Gasteiger partial charge is 0.493 e. The molecule has 2 heterocycles. The Kier molecular flexibility index (Phi) is 6.23. The summed E-state index contributed by atoms with van der Waals surface area (Å²) in [6.45, 7) is 5.02. The van der Waals surface area contributed by atoms with Gasteiger partial charge in [-0.15, -0.1) is 11.3 Å². The van der Waals surface area contributed by atoms with Gasteiger partial charge in [0.1, 0.15) is 10.7 Å². The Bertz CT molecular complexity index is 1140. The zero-order chi connectivity index (χ0) is 22.1. The number of nitrogens with zero attached hydrogens (tertiary/aromatic N) is 2. The summed E-state index contributed by atoms with van der Waals surface area (Å²) in [5, 5.41) is 0.818. The third kappa shape index (κ3) is 3.80. The molecule has 0 saturated heterocycles. The van der Waals surface area contributed by atoms with Gasteiger partial charge < -0.3 is 14.2 Å². The smallest absolute Gasteiger partial charge is 0.262 e. The number of aromatic nitrogens is 2. The maximum Gasteiger partial charge on any atom is 0.262 e. The van der Waals surface area contributed by atoms with Crippen LogP contribution < -0.4 is 19.8 Å². The van der Waals surface area contributed by atoms with E-state index in [1.807, 2.05) is 16.7 Å². The van der Waals surface area contributed by atoms with E-state index in [0.717, 1.165) is 41.5 Å². The summed E-state index contributed by atoms with van der Waals surface area (Å²) in [7, 11) is 4.77. The summed E-state index contributed by atoms with van der Waals surface area (Å²) in [4.78, 5) is 20.9. The van der Waals surface area contributed by atoms with Gasteiger partial charge in [0, 0.05) is 17.0 Å². The molecule has 4 rings (SSSR count). The molecule has 0 bridgehead atoms. The van der Waals surface area contributed by atoms with Crippen LogP contribution in [0.1, 0.15) is 43.6 Å². The molecular weight excluding hydrogens is 412 g/mol. The Labute approximate surface area is 186 Å². The zero-order valence-corrected chi connectivity index (χ0v) is 19.7. The second-order valence-corrected chi connectivity index (χ2v) is 9.28. The molecule has 0 radical (unpaired) electrons. The molecule has 0 N–H and O–H groups in total. The number of aryl methyl sites for hydroxylation is 1. The molecule has 1 aliphatic rings. The van der Waals surface area contributed by atoms with Crippen molar-refractivity contribution in [2.24, 2.45) is 5.92 Å². The monoisotopic (exact) mass is 442 g/mol. The number of rotatable bonds is 7. The highest BCUT2D eigenvalue weighted by atomic mass is 32.1. The molecule has 1 aliphatic carbocycles. The van der Waals surface area contributed by atoms with E-state index in [4.69, 9.17) is 19.2 Å². The fraction of sp³-hybridized carbons (Fsp3) is 0.500. The van der Waals surface area contributed by atoms with Crippen molar-refractivity contribution >= 4 is 21.6 Å². The summed E-state index contributed by atoms with van der Waals surface area (Å²) in [5.74, 6) is 2.87. The third-order valence-corrected chi connectivity index (χ3v) is 7.25. The van der Waals surface area contributed by atoms with Crippen molar-refractivity contribution in [1.29, 1.82) is 0 Å². The first-order chi connectivity index (χ1) is 15.0. The number of fused-ring (bicyclic) bond motifs is 3. The predicted octanol–water partition coefficient (Wildman–Crippen LogP) is 5.08. The van der Waals surface area contributed by atoms with Crippen molar-refractivity contribution in [1.82, 2.24) is 9.55 Å². The topological polar surface area (TPSA) is 62.6 Å². The van der Waals surface area contributed by atoms with E-state index < -0.39 is 0 Å². The van der Waals surface area contributed by atoms with Crippen molar-refractivity contribution in [2.45, 2.75) is 52.5 Å². The van der Waals surface area contributed by atoms with Crippen molar-refractivity contribution in [3.63, 3.8) is 0 Å². The minimum absolute atomic E-state index is 0.0637. The van der Waals surface area contributed by atoms with Crippen molar-refractivity contribution in [3.05, 3.63) is 32.9 Å². The number of ether oxygens (including phenoxy) is 3. The highest BCUT2D eigenvalue weighted by Gasteiger charge is 2.26. The van der Waals surface area contributed by atoms with Crippen molar-refractivity contribution < 1.29 is 14.2 Å². The van der Waals surface area contributed by atoms with Crippen LogP contribution >= 0.6 is 11.3 Å². The Balaban J connectivity index is 1.99. The minimum Gasteiger partial charge on any atom is -0.493 e. The summed E-state index contributed by atoms with van der Waals surface area (Å²) >= 11 is 1.67. The van der Waals surface area contributed by atoms with Crippen LogP contribution in [0.5, 0.6) is 17.2 Å². The van der Waals surface area contributed by atoms with E-state index in [0.29, 0.717) is 35.5 Å². The molecule has 0 spiro atoms. The number of thiophene rings is 1. The van der Waals surface area contributed by atoms with Gasteiger partial charge in [0.05, 0.1) is 26.7 Å². The van der Waals surface area contributed by atoms with Crippen LogP contribution in [0.2, 0.25) is 0 Å². The molecule has 7 heteroatoms. The fourth-order valence-corrected chi connectivity index (χ4v) is 5.59. The van der Waals surface area contributed by atoms with E-state index >= 15 is 0 Å². The third-order valence-electron chi connectivity index (χ3n) is 6.07. The number of hydrogen-bond acceptors (Lipinski definition) is 6. The predicted molar refractivity (Wildman–Crippen MR) is 125 cm³/mol. The number of methoxy groups -OCH3 is 3. The molecular formula is C24H30N2O4S. The number of benzene rings is 1. The van der Waals surface area contributed by atoms with Crippen LogP contribution in [0, 0.1) is 5.92 Å². The quantitative estimate of drug-likeness (QED) is 0.511. The molecule has 0 saturated carbocycles. The highest BCUT2D eigenvalue weighted by molar-refractivity contribution is 7.18. The van der Waals surface area contributed by atoms with Gasteiger partial charge in [0.15, 0.2) is 11.5 Å². The van der Waals surface area contributed by atoms with E-state index in [1.54, 1.807) is 32.7 Å². The molecule has 0 aliphatic heterocycles. The lowest BCUT2D eigenvalue weighted by molar-refractivity contribution is 0.324. The van der Waals surface area contributed by atoms with Gasteiger partial charge in [-0.05, 0) is 49.3 Å². The van der Waals surface area contributed by atoms with Gasteiger partial charge >= 0.3 is 0 Å². The Hall–Kier alpha value is -2.54. The Morgan fingerprint density at radius 1 is 1.16 bits per heavy atom. The second-order valence-electron chi connectivity index (χ2n) is 8.19. The molecule has 31 heavy (non-hydrogen) atoms. The fourth-order valence-electron chi connectivity index (χ4n) is 4.38. The molecule has 1 atom stereocenters. The summed E-state index contributed by atoms with van der Waals surface area (Å²) < 4.78 is 18.4. The number of unbranched alkanes of at least 4 members (excludes halogenated alkanes) is 1. The second kappa shape index (κ2) is 8.91. The van der Waals surface area contributed by atoms with Crippen molar-refractivity contribution in [2.75, 3.05) is 21.3 Å². The average molecular weight is 443 g/mol.